The molecule has 9 heteroatoms. The minimum atomic E-state index is -5.71. The summed E-state index contributed by atoms with van der Waals surface area (Å²) < 4.78 is 55.2. The largest absolute Gasteiger partial charge is 0.453 e. The first kappa shape index (κ1) is 9.62. The Bertz CT molecular complexity index is 199. The second kappa shape index (κ2) is 2.70. The number of halogens is 3. The Balaban J connectivity index is 4.64. The molecule has 0 amide bonds. The molecule has 62 valence electrons. The maximum Gasteiger partial charge on any atom is 0.453 e. The van der Waals surface area contributed by atoms with Crippen LogP contribution in [0, 0.1) is 0 Å². The van der Waals surface area contributed by atoms with Gasteiger partial charge in [-0.1, -0.05) is 4.39 Å². The number of nitrogens with one attached hydrogen (secondary N) is 1. The second-order valence-electron chi connectivity index (χ2n) is 1.15. The Morgan fingerprint density at radius 3 is 2.00 bits per heavy atom. The Hall–Kier alpha value is -0.380. The summed E-state index contributed by atoms with van der Waals surface area (Å²) in [5.41, 5.74) is 0.0462. The van der Waals surface area contributed by atoms with Crippen molar-refractivity contribution >= 4 is 10.1 Å². The minimum absolute atomic E-state index is 0.0462. The van der Waals surface area contributed by atoms with E-state index in [-0.39, 0.29) is 5.48 Å². The van der Waals surface area contributed by atoms with Crippen LogP contribution >= 0.6 is 0 Å². The van der Waals surface area contributed by atoms with E-state index in [1.54, 1.807) is 0 Å². The third kappa shape index (κ3) is 1.56. The molecular weight excluding hydrogens is 179 g/mol. The molecule has 0 spiro atoms. The summed E-state index contributed by atoms with van der Waals surface area (Å²) in [6.45, 7) is 0. The van der Waals surface area contributed by atoms with Crippen molar-refractivity contribution in [3.63, 3.8) is 0 Å². The van der Waals surface area contributed by atoms with Crippen LogP contribution in [0.5, 0.6) is 0 Å². The van der Waals surface area contributed by atoms with Gasteiger partial charge in [0, 0.05) is 0 Å². The van der Waals surface area contributed by atoms with Crippen molar-refractivity contribution < 1.29 is 31.3 Å². The molecule has 10 heavy (non-hydrogen) atoms. The lowest BCUT2D eigenvalue weighted by molar-refractivity contribution is -0.0896. The molecule has 0 atom stereocenters. The molecule has 0 bridgehead atoms. The highest BCUT2D eigenvalue weighted by atomic mass is 32.2. The van der Waals surface area contributed by atoms with Crippen molar-refractivity contribution in [3.8, 4) is 0 Å². The highest BCUT2D eigenvalue weighted by Gasteiger charge is 2.47. The number of hydroxylamine groups is 1. The fourth-order valence-electron chi connectivity index (χ4n) is 0.0955. The van der Waals surface area contributed by atoms with Crippen LogP contribution in [0.25, 0.3) is 0 Å². The molecule has 5 nitrogen and oxygen atoms in total. The lowest BCUT2D eigenvalue weighted by Gasteiger charge is -2.08. The van der Waals surface area contributed by atoms with Crippen LogP contribution in [0.4, 0.5) is 13.3 Å². The molecule has 0 saturated heterocycles. The molecule has 0 fully saturated rings. The number of rotatable bonds is 3. The fourth-order valence-corrected chi connectivity index (χ4v) is 0.286. The first-order valence-electron chi connectivity index (χ1n) is 1.71. The molecular formula is CH2F3NO4S. The smallest absolute Gasteiger partial charge is 0.311 e. The Morgan fingerprint density at radius 1 is 1.50 bits per heavy atom. The molecule has 0 aliphatic carbocycles. The molecule has 0 radical (unpaired) electrons. The van der Waals surface area contributed by atoms with Crippen LogP contribution in [0.15, 0.2) is 0 Å². The van der Waals surface area contributed by atoms with Gasteiger partial charge in [0.2, 0.25) is 0 Å². The highest BCUT2D eigenvalue weighted by Crippen LogP contribution is 2.18. The van der Waals surface area contributed by atoms with E-state index in [2.05, 4.69) is 0 Å². The average Bonchev–Trinajstić information content (AvgIpc) is 1.88. The number of alkyl halides is 2. The molecule has 0 aromatic rings. The lowest BCUT2D eigenvalue weighted by atomic mass is 11.3. The van der Waals surface area contributed by atoms with Gasteiger partial charge >= 0.3 is 15.5 Å². The Kier molecular flexibility index (Phi) is 2.60. The maximum absolute atomic E-state index is 11.6. The van der Waals surface area contributed by atoms with E-state index < -0.39 is 15.5 Å². The topological polar surface area (TPSA) is 75.6 Å². The summed E-state index contributed by atoms with van der Waals surface area (Å²) in [5.74, 6) is 0. The Labute approximate surface area is 53.4 Å². The van der Waals surface area contributed by atoms with Crippen LogP contribution < -0.4 is 5.48 Å². The van der Waals surface area contributed by atoms with Crippen molar-refractivity contribution in [1.82, 2.24) is 5.48 Å². The summed E-state index contributed by atoms with van der Waals surface area (Å²) in [6, 6.07) is 0. The Morgan fingerprint density at radius 2 is 1.90 bits per heavy atom. The summed E-state index contributed by atoms with van der Waals surface area (Å²) in [6.07, 6.45) is 0. The van der Waals surface area contributed by atoms with Gasteiger partial charge in [-0.2, -0.15) is 17.2 Å². The van der Waals surface area contributed by atoms with Crippen molar-refractivity contribution in [2.75, 3.05) is 0 Å². The minimum Gasteiger partial charge on any atom is -0.311 e. The molecule has 2 N–H and O–H groups in total. The third-order valence-corrected chi connectivity index (χ3v) is 1.41. The predicted molar refractivity (Wildman–Crippen MR) is 21.0 cm³/mol. The van der Waals surface area contributed by atoms with Gasteiger partial charge in [0.15, 0.2) is 0 Å². The predicted octanol–water partition coefficient (Wildman–Crippen LogP) is -0.254. The SMILES string of the molecule is O=S(=O)(OF)C(F)(F)NO. The first-order chi connectivity index (χ1) is 4.37. The van der Waals surface area contributed by atoms with E-state index >= 15 is 0 Å². The van der Waals surface area contributed by atoms with Crippen LogP contribution in [0.1, 0.15) is 0 Å². The van der Waals surface area contributed by atoms with Gasteiger partial charge in [-0.05, 0) is 4.53 Å². The van der Waals surface area contributed by atoms with Crippen LogP contribution in [-0.4, -0.2) is 19.0 Å². The van der Waals surface area contributed by atoms with Crippen molar-refractivity contribution in [1.29, 1.82) is 0 Å². The zero-order valence-electron chi connectivity index (χ0n) is 4.21. The van der Waals surface area contributed by atoms with Gasteiger partial charge in [-0.25, -0.2) is 0 Å². The summed E-state index contributed by atoms with van der Waals surface area (Å²) >= 11 is 0. The quantitative estimate of drug-likeness (QED) is 0.463. The van der Waals surface area contributed by atoms with E-state index in [0.717, 1.165) is 0 Å². The van der Waals surface area contributed by atoms with E-state index in [1.165, 1.54) is 0 Å². The van der Waals surface area contributed by atoms with Gasteiger partial charge < -0.3 is 5.21 Å². The molecule has 0 saturated carbocycles. The van der Waals surface area contributed by atoms with Crippen LogP contribution in [-0.2, 0) is 14.5 Å². The molecule has 0 heterocycles. The number of hydrogen-bond donors (Lipinski definition) is 2. The standard InChI is InChI=1S/CH2F3NO4S/c2-1(3,5-6)10(7,8)9-4/h5-6H. The summed E-state index contributed by atoms with van der Waals surface area (Å²) in [7, 11) is -5.71. The monoisotopic (exact) mass is 181 g/mol. The van der Waals surface area contributed by atoms with Gasteiger partial charge in [0.1, 0.15) is 0 Å². The normalized spacial score (nSPS) is 13.6. The van der Waals surface area contributed by atoms with Gasteiger partial charge in [0.05, 0.1) is 0 Å². The van der Waals surface area contributed by atoms with Crippen LogP contribution in [0.2, 0.25) is 0 Å². The van der Waals surface area contributed by atoms with E-state index in [1.807, 2.05) is 4.39 Å². The zero-order chi connectivity index (χ0) is 8.41. The lowest BCUT2D eigenvalue weighted by Crippen LogP contribution is -2.42. The molecule has 0 aromatic carbocycles. The number of hydrogen-bond acceptors (Lipinski definition) is 5. The summed E-state index contributed by atoms with van der Waals surface area (Å²) in [4.78, 5) is 0. The van der Waals surface area contributed by atoms with E-state index in [0.29, 0.717) is 0 Å². The molecule has 0 unspecified atom stereocenters. The van der Waals surface area contributed by atoms with Crippen molar-refractivity contribution in [3.05, 3.63) is 0 Å². The van der Waals surface area contributed by atoms with Crippen LogP contribution in [0.3, 0.4) is 0 Å². The van der Waals surface area contributed by atoms with Crippen molar-refractivity contribution in [2.45, 2.75) is 5.38 Å². The fraction of sp³-hybridized carbons (Fsp3) is 1.00. The highest BCUT2D eigenvalue weighted by molar-refractivity contribution is 7.87. The molecule has 0 rings (SSSR count). The van der Waals surface area contributed by atoms with Crippen molar-refractivity contribution in [2.24, 2.45) is 0 Å². The molecule has 0 aliphatic heterocycles. The van der Waals surface area contributed by atoms with E-state index in [9.17, 15) is 21.7 Å². The van der Waals surface area contributed by atoms with Gasteiger partial charge in [-0.15, -0.1) is 5.48 Å². The van der Waals surface area contributed by atoms with E-state index in [4.69, 9.17) is 5.21 Å². The third-order valence-electron chi connectivity index (χ3n) is 0.527. The first-order valence-corrected chi connectivity index (χ1v) is 3.12. The average molecular weight is 181 g/mol. The molecule has 0 aromatic heterocycles. The van der Waals surface area contributed by atoms with Gasteiger partial charge in [0.25, 0.3) is 0 Å². The second-order valence-corrected chi connectivity index (χ2v) is 2.69. The van der Waals surface area contributed by atoms with Gasteiger partial charge in [-0.3, -0.25) is 0 Å². The molecule has 0 aliphatic rings. The summed E-state index contributed by atoms with van der Waals surface area (Å²) in [5, 5.41) is 2.60. The zero-order valence-corrected chi connectivity index (χ0v) is 5.03. The maximum atomic E-state index is 11.6.